The molecule has 3 N–H and O–H groups in total. The normalized spacial score (nSPS) is 12.0. The third-order valence-electron chi connectivity index (χ3n) is 5.30. The van der Waals surface area contributed by atoms with E-state index in [2.05, 4.69) is 20.6 Å². The highest BCUT2D eigenvalue weighted by Crippen LogP contribution is 2.27. The van der Waals surface area contributed by atoms with E-state index in [1.165, 1.54) is 0 Å². The van der Waals surface area contributed by atoms with Crippen LogP contribution in [0.25, 0.3) is 21.8 Å². The molecule has 31 heavy (non-hydrogen) atoms. The molecule has 0 fully saturated rings. The Kier molecular flexibility index (Phi) is 5.58. The molecule has 0 unspecified atom stereocenters. The highest BCUT2D eigenvalue weighted by atomic mass is 16.5. The van der Waals surface area contributed by atoms with Gasteiger partial charge in [-0.25, -0.2) is 4.98 Å². The number of carbonyl (C=O) groups is 2. The van der Waals surface area contributed by atoms with E-state index in [-0.39, 0.29) is 11.6 Å². The number of aromatic nitrogens is 2. The molecule has 7 nitrogen and oxygen atoms in total. The van der Waals surface area contributed by atoms with Crippen molar-refractivity contribution in [1.82, 2.24) is 20.6 Å². The van der Waals surface area contributed by atoms with Crippen molar-refractivity contribution in [2.75, 3.05) is 7.11 Å². The number of methoxy groups -OCH3 is 1. The molecule has 0 aliphatic carbocycles. The van der Waals surface area contributed by atoms with Gasteiger partial charge >= 0.3 is 0 Å². The third-order valence-corrected chi connectivity index (χ3v) is 5.30. The van der Waals surface area contributed by atoms with Crippen LogP contribution < -0.4 is 15.4 Å². The van der Waals surface area contributed by atoms with Crippen molar-refractivity contribution in [2.24, 2.45) is 0 Å². The minimum Gasteiger partial charge on any atom is -0.496 e. The second-order valence-electron chi connectivity index (χ2n) is 7.41. The highest BCUT2D eigenvalue weighted by molar-refractivity contribution is 6.10. The van der Waals surface area contributed by atoms with Gasteiger partial charge in [-0.2, -0.15) is 0 Å². The Morgan fingerprint density at radius 1 is 1.10 bits per heavy atom. The first-order valence-electron chi connectivity index (χ1n) is 10.1. The number of pyridine rings is 1. The Bertz CT molecular complexity index is 1280. The maximum atomic E-state index is 12.8. The first kappa shape index (κ1) is 20.4. The van der Waals surface area contributed by atoms with E-state index in [9.17, 15) is 9.59 Å². The molecule has 0 aliphatic rings. The van der Waals surface area contributed by atoms with E-state index in [1.807, 2.05) is 55.5 Å². The van der Waals surface area contributed by atoms with Gasteiger partial charge in [0.25, 0.3) is 5.91 Å². The van der Waals surface area contributed by atoms with E-state index >= 15 is 0 Å². The number of nitrogens with zero attached hydrogens (tertiary/aromatic N) is 1. The summed E-state index contributed by atoms with van der Waals surface area (Å²) in [6, 6.07) is 16.4. The summed E-state index contributed by atoms with van der Waals surface area (Å²) in [5.74, 6) is 0.0190. The van der Waals surface area contributed by atoms with Crippen molar-refractivity contribution in [1.29, 1.82) is 0 Å². The Morgan fingerprint density at radius 3 is 2.65 bits per heavy atom. The molecule has 0 saturated carbocycles. The zero-order valence-corrected chi connectivity index (χ0v) is 17.7. The maximum Gasteiger partial charge on any atom is 0.270 e. The topological polar surface area (TPSA) is 96.1 Å². The van der Waals surface area contributed by atoms with Gasteiger partial charge in [0.1, 0.15) is 17.5 Å². The first-order valence-corrected chi connectivity index (χ1v) is 10.1. The van der Waals surface area contributed by atoms with E-state index in [0.29, 0.717) is 12.3 Å². The van der Waals surface area contributed by atoms with E-state index < -0.39 is 11.9 Å². The Hall–Kier alpha value is -3.87. The van der Waals surface area contributed by atoms with Crippen LogP contribution in [0, 0.1) is 6.92 Å². The zero-order valence-electron chi connectivity index (χ0n) is 17.7. The number of fused-ring (bicyclic) bond motifs is 3. The minimum absolute atomic E-state index is 0.277. The lowest BCUT2D eigenvalue weighted by Gasteiger charge is -2.15. The molecular weight excluding hydrogens is 392 g/mol. The number of aryl methyl sites for hydroxylation is 1. The molecule has 0 bridgehead atoms. The fourth-order valence-corrected chi connectivity index (χ4v) is 3.64. The van der Waals surface area contributed by atoms with Crippen LogP contribution in [-0.2, 0) is 11.3 Å². The molecule has 4 rings (SSSR count). The van der Waals surface area contributed by atoms with Gasteiger partial charge in [0.2, 0.25) is 5.91 Å². The monoisotopic (exact) mass is 416 g/mol. The van der Waals surface area contributed by atoms with Crippen LogP contribution in [0.4, 0.5) is 0 Å². The van der Waals surface area contributed by atoms with Gasteiger partial charge in [0, 0.05) is 28.4 Å². The van der Waals surface area contributed by atoms with Crippen LogP contribution in [0.5, 0.6) is 5.75 Å². The van der Waals surface area contributed by atoms with Gasteiger partial charge in [-0.05, 0) is 32.0 Å². The second kappa shape index (κ2) is 8.47. The molecule has 4 aromatic rings. The number of hydrogen-bond donors (Lipinski definition) is 3. The summed E-state index contributed by atoms with van der Waals surface area (Å²) in [6.07, 6.45) is 0. The van der Waals surface area contributed by atoms with Crippen molar-refractivity contribution in [2.45, 2.75) is 26.4 Å². The fourth-order valence-electron chi connectivity index (χ4n) is 3.64. The van der Waals surface area contributed by atoms with Crippen molar-refractivity contribution in [3.63, 3.8) is 0 Å². The van der Waals surface area contributed by atoms with Crippen LogP contribution in [0.3, 0.4) is 0 Å². The average molecular weight is 416 g/mol. The molecule has 1 atom stereocenters. The van der Waals surface area contributed by atoms with Gasteiger partial charge in [0.15, 0.2) is 0 Å². The Morgan fingerprint density at radius 2 is 1.84 bits per heavy atom. The number of benzene rings is 2. The molecule has 2 amide bonds. The molecule has 2 aromatic carbocycles. The van der Waals surface area contributed by atoms with Crippen molar-refractivity contribution < 1.29 is 14.3 Å². The molecule has 0 radical (unpaired) electrons. The van der Waals surface area contributed by atoms with Crippen LogP contribution in [0.2, 0.25) is 0 Å². The van der Waals surface area contributed by atoms with Crippen LogP contribution >= 0.6 is 0 Å². The standard InChI is InChI=1S/C24H24N4O3/c1-14-22-18(17-9-5-6-10-19(17)28-22)12-20(26-14)24(30)27-15(2)23(29)25-13-16-8-4-7-11-21(16)31-3/h4-12,15,28H,13H2,1-3H3,(H,25,29)(H,27,30)/t15-/m0/s1. The molecule has 0 aliphatic heterocycles. The molecule has 158 valence electrons. The summed E-state index contributed by atoms with van der Waals surface area (Å²) in [7, 11) is 1.59. The SMILES string of the molecule is COc1ccccc1CNC(=O)[C@H](C)NC(=O)c1cc2c([nH]c3ccccc32)c(C)n1. The lowest BCUT2D eigenvalue weighted by molar-refractivity contribution is -0.122. The van der Waals surface area contributed by atoms with Crippen LogP contribution in [0.15, 0.2) is 54.6 Å². The van der Waals surface area contributed by atoms with Crippen molar-refractivity contribution >= 4 is 33.6 Å². The highest BCUT2D eigenvalue weighted by Gasteiger charge is 2.19. The van der Waals surface area contributed by atoms with Crippen molar-refractivity contribution in [3.05, 3.63) is 71.5 Å². The van der Waals surface area contributed by atoms with Gasteiger partial charge in [0.05, 0.1) is 18.3 Å². The molecule has 0 saturated heterocycles. The predicted octanol–water partition coefficient (Wildman–Crippen LogP) is 3.47. The summed E-state index contributed by atoms with van der Waals surface area (Å²) in [6.45, 7) is 3.81. The Labute approximate surface area is 179 Å². The quantitative estimate of drug-likeness (QED) is 0.448. The van der Waals surface area contributed by atoms with Gasteiger partial charge in [-0.3, -0.25) is 9.59 Å². The number of H-pyrrole nitrogens is 1. The fraction of sp³-hybridized carbons (Fsp3) is 0.208. The molecular formula is C24H24N4O3. The van der Waals surface area contributed by atoms with Crippen LogP contribution in [0.1, 0.15) is 28.7 Å². The second-order valence-corrected chi connectivity index (χ2v) is 7.41. The molecule has 0 spiro atoms. The van der Waals surface area contributed by atoms with Gasteiger partial charge in [-0.1, -0.05) is 36.4 Å². The molecule has 2 heterocycles. The third kappa shape index (κ3) is 4.07. The summed E-state index contributed by atoms with van der Waals surface area (Å²) >= 11 is 0. The summed E-state index contributed by atoms with van der Waals surface area (Å²) in [5, 5.41) is 7.53. The zero-order chi connectivity index (χ0) is 22.0. The Balaban J connectivity index is 1.47. The number of ether oxygens (including phenoxy) is 1. The largest absolute Gasteiger partial charge is 0.496 e. The summed E-state index contributed by atoms with van der Waals surface area (Å²) < 4.78 is 5.30. The number of carbonyl (C=O) groups excluding carboxylic acids is 2. The summed E-state index contributed by atoms with van der Waals surface area (Å²) in [5.41, 5.74) is 3.76. The maximum absolute atomic E-state index is 12.8. The number of nitrogens with one attached hydrogen (secondary N) is 3. The van der Waals surface area contributed by atoms with E-state index in [1.54, 1.807) is 20.1 Å². The van der Waals surface area contributed by atoms with E-state index in [4.69, 9.17) is 4.74 Å². The molecule has 7 heteroatoms. The lowest BCUT2D eigenvalue weighted by atomic mass is 10.1. The van der Waals surface area contributed by atoms with Crippen LogP contribution in [-0.4, -0.2) is 34.9 Å². The van der Waals surface area contributed by atoms with E-state index in [0.717, 1.165) is 33.1 Å². The lowest BCUT2D eigenvalue weighted by Crippen LogP contribution is -2.44. The molecule has 2 aromatic heterocycles. The smallest absolute Gasteiger partial charge is 0.270 e. The van der Waals surface area contributed by atoms with Gasteiger partial charge < -0.3 is 20.4 Å². The number of aromatic amines is 1. The van der Waals surface area contributed by atoms with Crippen molar-refractivity contribution in [3.8, 4) is 5.75 Å². The number of rotatable bonds is 6. The minimum atomic E-state index is -0.719. The number of para-hydroxylation sites is 2. The number of amides is 2. The summed E-state index contributed by atoms with van der Waals surface area (Å²) in [4.78, 5) is 33.1. The first-order chi connectivity index (χ1) is 15.0. The van der Waals surface area contributed by atoms with Gasteiger partial charge in [-0.15, -0.1) is 0 Å². The average Bonchev–Trinajstić information content (AvgIpc) is 3.17. The predicted molar refractivity (Wildman–Crippen MR) is 120 cm³/mol. The number of hydrogen-bond acceptors (Lipinski definition) is 4.